The third kappa shape index (κ3) is 3.14. The van der Waals surface area contributed by atoms with Crippen molar-refractivity contribution in [3.8, 4) is 0 Å². The van der Waals surface area contributed by atoms with E-state index in [0.717, 1.165) is 42.9 Å². The number of ketones is 1. The minimum atomic E-state index is -0.459. The SMILES string of the molecule is C[C@H]1CC[C@H]2C(=CC[C@@H]3[C@@H]2CC[C@]2(C)[C@@H](C(=O)Cn4cc([N+](=O)[O-])cn4)CC[C@@H]32)C1. The average molecular weight is 412 g/mol. The fraction of sp³-hybridized carbons (Fsp3) is 0.750. The van der Waals surface area contributed by atoms with Gasteiger partial charge in [-0.05, 0) is 86.4 Å². The Labute approximate surface area is 178 Å². The summed E-state index contributed by atoms with van der Waals surface area (Å²) < 4.78 is 1.45. The van der Waals surface area contributed by atoms with Gasteiger partial charge in [0.15, 0.2) is 5.78 Å². The molecule has 3 saturated carbocycles. The van der Waals surface area contributed by atoms with Gasteiger partial charge in [0.05, 0.1) is 4.92 Å². The van der Waals surface area contributed by atoms with Crippen molar-refractivity contribution in [1.82, 2.24) is 9.78 Å². The third-order valence-electron chi connectivity index (χ3n) is 9.23. The van der Waals surface area contributed by atoms with Crippen molar-refractivity contribution in [3.05, 3.63) is 34.2 Å². The highest BCUT2D eigenvalue weighted by Crippen LogP contribution is 2.63. The second-order valence-corrected chi connectivity index (χ2v) is 10.7. The van der Waals surface area contributed by atoms with Gasteiger partial charge in [0, 0.05) is 5.92 Å². The number of rotatable bonds is 4. The first-order valence-electron chi connectivity index (χ1n) is 11.8. The Kier molecular flexibility index (Phi) is 4.86. The molecule has 6 nitrogen and oxygen atoms in total. The Morgan fingerprint density at radius 1 is 1.27 bits per heavy atom. The summed E-state index contributed by atoms with van der Waals surface area (Å²) in [4.78, 5) is 23.7. The van der Waals surface area contributed by atoms with E-state index < -0.39 is 4.92 Å². The summed E-state index contributed by atoms with van der Waals surface area (Å²) in [5.41, 5.74) is 1.76. The van der Waals surface area contributed by atoms with Crippen LogP contribution in [0.4, 0.5) is 5.69 Å². The van der Waals surface area contributed by atoms with Gasteiger partial charge in [-0.15, -0.1) is 0 Å². The first kappa shape index (κ1) is 20.0. The molecule has 0 unspecified atom stereocenters. The molecule has 4 aliphatic carbocycles. The largest absolute Gasteiger partial charge is 0.307 e. The number of fused-ring (bicyclic) bond motifs is 5. The molecular weight excluding hydrogens is 378 g/mol. The number of nitrogens with zero attached hydrogens (tertiary/aromatic N) is 3. The molecule has 0 saturated heterocycles. The zero-order chi connectivity index (χ0) is 21.0. The van der Waals surface area contributed by atoms with Crippen molar-refractivity contribution >= 4 is 11.5 Å². The summed E-state index contributed by atoms with van der Waals surface area (Å²) in [6.45, 7) is 4.90. The molecule has 0 aliphatic heterocycles. The Balaban J connectivity index is 1.32. The first-order valence-corrected chi connectivity index (χ1v) is 11.8. The Bertz CT molecular complexity index is 890. The van der Waals surface area contributed by atoms with Gasteiger partial charge in [0.1, 0.15) is 18.9 Å². The first-order chi connectivity index (χ1) is 14.4. The van der Waals surface area contributed by atoms with Gasteiger partial charge in [0.2, 0.25) is 0 Å². The lowest BCUT2D eigenvalue weighted by Gasteiger charge is -2.53. The maximum absolute atomic E-state index is 13.2. The van der Waals surface area contributed by atoms with Gasteiger partial charge in [-0.3, -0.25) is 19.6 Å². The highest BCUT2D eigenvalue weighted by atomic mass is 16.6. The fourth-order valence-corrected chi connectivity index (χ4v) is 7.80. The third-order valence-corrected chi connectivity index (χ3v) is 9.23. The van der Waals surface area contributed by atoms with Crippen LogP contribution in [0.5, 0.6) is 0 Å². The minimum Gasteiger partial charge on any atom is -0.297 e. The predicted molar refractivity (Wildman–Crippen MR) is 114 cm³/mol. The number of hydrogen-bond acceptors (Lipinski definition) is 4. The van der Waals surface area contributed by atoms with Crippen molar-refractivity contribution in [2.75, 3.05) is 0 Å². The van der Waals surface area contributed by atoms with E-state index in [1.807, 2.05) is 0 Å². The molecule has 7 atom stereocenters. The number of aromatic nitrogens is 2. The topological polar surface area (TPSA) is 78.0 Å². The second-order valence-electron chi connectivity index (χ2n) is 10.7. The summed E-state index contributed by atoms with van der Waals surface area (Å²) in [6.07, 6.45) is 14.9. The van der Waals surface area contributed by atoms with E-state index in [1.165, 1.54) is 49.2 Å². The summed E-state index contributed by atoms with van der Waals surface area (Å²) >= 11 is 0. The van der Waals surface area contributed by atoms with Gasteiger partial charge in [0.25, 0.3) is 0 Å². The highest BCUT2D eigenvalue weighted by molar-refractivity contribution is 5.82. The number of Topliss-reactive ketones (excluding diaryl/α,β-unsaturated/α-hetero) is 1. The molecule has 3 fully saturated rings. The number of nitro groups is 1. The zero-order valence-corrected chi connectivity index (χ0v) is 18.1. The second kappa shape index (κ2) is 7.31. The van der Waals surface area contributed by atoms with E-state index >= 15 is 0 Å². The van der Waals surface area contributed by atoms with Crippen molar-refractivity contribution in [2.45, 2.75) is 71.8 Å². The van der Waals surface area contributed by atoms with Crippen molar-refractivity contribution in [3.63, 3.8) is 0 Å². The monoisotopic (exact) mass is 411 g/mol. The lowest BCUT2D eigenvalue weighted by atomic mass is 9.51. The smallest absolute Gasteiger partial charge is 0.297 e. The normalized spacial score (nSPS) is 40.1. The molecule has 1 heterocycles. The molecule has 0 N–H and O–H groups in total. The van der Waals surface area contributed by atoms with Crippen LogP contribution in [-0.4, -0.2) is 20.5 Å². The van der Waals surface area contributed by atoms with Crippen LogP contribution >= 0.6 is 0 Å². The highest BCUT2D eigenvalue weighted by Gasteiger charge is 2.57. The molecule has 6 heteroatoms. The lowest BCUT2D eigenvalue weighted by Crippen LogP contribution is -2.47. The standard InChI is InChI=1S/C24H33N3O3/c1-15-3-5-18-16(11-15)4-6-20-19(18)9-10-24(2)21(20)7-8-22(24)23(28)14-26-13-17(12-25-26)27(29)30/h4,12-13,15,18-22H,3,5-11,14H2,1-2H3/t15-,18-,19+,20+,21-,22+,24-/m0/s1. The van der Waals surface area contributed by atoms with Crippen LogP contribution in [0.3, 0.4) is 0 Å². The molecule has 162 valence electrons. The summed E-state index contributed by atoms with van der Waals surface area (Å²) in [5.74, 6) is 4.08. The van der Waals surface area contributed by atoms with Gasteiger partial charge >= 0.3 is 5.69 Å². The molecule has 4 aliphatic rings. The van der Waals surface area contributed by atoms with Crippen molar-refractivity contribution in [2.24, 2.45) is 40.9 Å². The number of hydrogen-bond donors (Lipinski definition) is 0. The van der Waals surface area contributed by atoms with Crippen LogP contribution < -0.4 is 0 Å². The van der Waals surface area contributed by atoms with Crippen LogP contribution in [0.1, 0.15) is 65.2 Å². The van der Waals surface area contributed by atoms with Gasteiger partial charge < -0.3 is 0 Å². The molecule has 30 heavy (non-hydrogen) atoms. The Hall–Kier alpha value is -1.98. The Morgan fingerprint density at radius 3 is 2.87 bits per heavy atom. The van der Waals surface area contributed by atoms with Crippen LogP contribution in [-0.2, 0) is 11.3 Å². The Morgan fingerprint density at radius 2 is 2.10 bits per heavy atom. The molecule has 1 aromatic heterocycles. The fourth-order valence-electron chi connectivity index (χ4n) is 7.80. The van der Waals surface area contributed by atoms with Crippen LogP contribution in [0.25, 0.3) is 0 Å². The lowest BCUT2D eigenvalue weighted by molar-refractivity contribution is -0.385. The zero-order valence-electron chi connectivity index (χ0n) is 18.1. The summed E-state index contributed by atoms with van der Waals surface area (Å²) in [6, 6.07) is 0. The van der Waals surface area contributed by atoms with E-state index in [2.05, 4.69) is 25.0 Å². The van der Waals surface area contributed by atoms with Crippen molar-refractivity contribution in [1.29, 1.82) is 0 Å². The molecule has 0 amide bonds. The molecule has 0 spiro atoms. The molecule has 0 radical (unpaired) electrons. The van der Waals surface area contributed by atoms with Gasteiger partial charge in [-0.1, -0.05) is 25.5 Å². The van der Waals surface area contributed by atoms with E-state index in [-0.39, 0.29) is 29.3 Å². The van der Waals surface area contributed by atoms with E-state index in [4.69, 9.17) is 0 Å². The van der Waals surface area contributed by atoms with E-state index in [0.29, 0.717) is 5.92 Å². The quantitative estimate of drug-likeness (QED) is 0.388. The van der Waals surface area contributed by atoms with E-state index in [1.54, 1.807) is 5.57 Å². The summed E-state index contributed by atoms with van der Waals surface area (Å²) in [7, 11) is 0. The van der Waals surface area contributed by atoms with Crippen LogP contribution in [0.2, 0.25) is 0 Å². The number of carbonyl (C=O) groups excluding carboxylic acids is 1. The van der Waals surface area contributed by atoms with Crippen LogP contribution in [0.15, 0.2) is 24.0 Å². The molecule has 5 rings (SSSR count). The molecular formula is C24H33N3O3. The van der Waals surface area contributed by atoms with Crippen molar-refractivity contribution < 1.29 is 9.72 Å². The van der Waals surface area contributed by atoms with E-state index in [9.17, 15) is 14.9 Å². The predicted octanol–water partition coefficient (Wildman–Crippen LogP) is 5.19. The summed E-state index contributed by atoms with van der Waals surface area (Å²) in [5, 5.41) is 14.9. The number of carbonyl (C=O) groups is 1. The maximum atomic E-state index is 13.2. The average Bonchev–Trinajstić information content (AvgIpc) is 3.31. The number of allylic oxidation sites excluding steroid dienone is 2. The molecule has 1 aromatic rings. The molecule has 0 aromatic carbocycles. The molecule has 0 bridgehead atoms. The maximum Gasteiger partial charge on any atom is 0.307 e. The minimum absolute atomic E-state index is 0.0505. The van der Waals surface area contributed by atoms with Gasteiger partial charge in [-0.2, -0.15) is 5.10 Å². The van der Waals surface area contributed by atoms with Gasteiger partial charge in [-0.25, -0.2) is 0 Å². The van der Waals surface area contributed by atoms with Crippen LogP contribution in [0, 0.1) is 51.0 Å².